The molecule has 5 nitrogen and oxygen atoms in total. The van der Waals surface area contributed by atoms with Gasteiger partial charge in [0, 0.05) is 25.2 Å². The Balaban J connectivity index is 2.41. The zero-order chi connectivity index (χ0) is 14.3. The van der Waals surface area contributed by atoms with Gasteiger partial charge in [-0.3, -0.25) is 0 Å². The van der Waals surface area contributed by atoms with E-state index < -0.39 is 0 Å². The summed E-state index contributed by atoms with van der Waals surface area (Å²) < 4.78 is 5.54. The molecule has 0 aliphatic carbocycles. The second kappa shape index (κ2) is 7.94. The summed E-state index contributed by atoms with van der Waals surface area (Å²) in [6, 6.07) is 2.44. The molecule has 19 heavy (non-hydrogen) atoms. The van der Waals surface area contributed by atoms with Crippen molar-refractivity contribution in [2.75, 3.05) is 25.5 Å². The molecule has 0 bridgehead atoms. The lowest BCUT2D eigenvalue weighted by molar-refractivity contribution is 0.232. The monoisotopic (exact) mass is 266 g/mol. The largest absolute Gasteiger partial charge is 0.475 e. The van der Waals surface area contributed by atoms with E-state index in [0.717, 1.165) is 25.3 Å². The van der Waals surface area contributed by atoms with Crippen LogP contribution in [0, 0.1) is 0 Å². The zero-order valence-corrected chi connectivity index (χ0v) is 12.7. The van der Waals surface area contributed by atoms with Crippen molar-refractivity contribution < 1.29 is 4.74 Å². The van der Waals surface area contributed by atoms with Gasteiger partial charge in [-0.1, -0.05) is 6.92 Å². The Labute approximate surface area is 116 Å². The molecule has 0 radical (unpaired) electrons. The molecule has 1 rings (SSSR count). The van der Waals surface area contributed by atoms with E-state index in [0.29, 0.717) is 11.9 Å². The molecular weight excluding hydrogens is 240 g/mol. The van der Waals surface area contributed by atoms with Crippen LogP contribution in [0.1, 0.15) is 34.1 Å². The predicted octanol–water partition coefficient (Wildman–Crippen LogP) is 2.41. The van der Waals surface area contributed by atoms with E-state index in [1.165, 1.54) is 6.33 Å². The number of nitrogens with one attached hydrogen (secondary N) is 1. The Morgan fingerprint density at radius 1 is 1.32 bits per heavy atom. The van der Waals surface area contributed by atoms with Crippen molar-refractivity contribution in [1.29, 1.82) is 0 Å². The average Bonchev–Trinajstić information content (AvgIpc) is 2.37. The molecule has 1 aromatic heterocycles. The van der Waals surface area contributed by atoms with Gasteiger partial charge in [-0.2, -0.15) is 0 Å². The van der Waals surface area contributed by atoms with Gasteiger partial charge in [-0.05, 0) is 34.2 Å². The standard InChI is InChI=1S/C14H26N4O/c1-6-12(4)18(5)8-7-15-13-9-14(17-10-16-13)19-11(2)3/h9-12H,6-8H2,1-5H3,(H,15,16,17). The number of ether oxygens (including phenoxy) is 1. The number of nitrogens with zero attached hydrogens (tertiary/aromatic N) is 3. The Hall–Kier alpha value is -1.36. The van der Waals surface area contributed by atoms with Crippen LogP contribution in [-0.4, -0.2) is 47.2 Å². The smallest absolute Gasteiger partial charge is 0.218 e. The van der Waals surface area contributed by atoms with Crippen LogP contribution in [0.15, 0.2) is 12.4 Å². The van der Waals surface area contributed by atoms with Gasteiger partial charge in [0.15, 0.2) is 0 Å². The highest BCUT2D eigenvalue weighted by molar-refractivity contribution is 5.36. The first kappa shape index (κ1) is 15.7. The fourth-order valence-electron chi connectivity index (χ4n) is 1.63. The molecule has 0 aliphatic rings. The SMILES string of the molecule is CCC(C)N(C)CCNc1cc(OC(C)C)ncn1. The van der Waals surface area contributed by atoms with Gasteiger partial charge in [0.1, 0.15) is 12.1 Å². The molecule has 0 amide bonds. The molecule has 0 aromatic carbocycles. The number of hydrogen-bond acceptors (Lipinski definition) is 5. The fourth-order valence-corrected chi connectivity index (χ4v) is 1.63. The normalized spacial score (nSPS) is 12.8. The van der Waals surface area contributed by atoms with Crippen molar-refractivity contribution in [1.82, 2.24) is 14.9 Å². The van der Waals surface area contributed by atoms with Gasteiger partial charge < -0.3 is 15.0 Å². The van der Waals surface area contributed by atoms with Crippen molar-refractivity contribution in [3.05, 3.63) is 12.4 Å². The maximum atomic E-state index is 5.54. The van der Waals surface area contributed by atoms with Crippen LogP contribution in [0.4, 0.5) is 5.82 Å². The van der Waals surface area contributed by atoms with E-state index in [4.69, 9.17) is 4.74 Å². The van der Waals surface area contributed by atoms with Crippen LogP contribution in [0.3, 0.4) is 0 Å². The van der Waals surface area contributed by atoms with Gasteiger partial charge >= 0.3 is 0 Å². The lowest BCUT2D eigenvalue weighted by Crippen LogP contribution is -2.32. The van der Waals surface area contributed by atoms with Crippen molar-refractivity contribution in [3.63, 3.8) is 0 Å². The molecule has 1 atom stereocenters. The third kappa shape index (κ3) is 5.87. The quantitative estimate of drug-likeness (QED) is 0.783. The number of rotatable bonds is 8. The van der Waals surface area contributed by atoms with Crippen molar-refractivity contribution in [2.45, 2.75) is 46.3 Å². The minimum absolute atomic E-state index is 0.124. The molecule has 0 spiro atoms. The van der Waals surface area contributed by atoms with Gasteiger partial charge in [0.2, 0.25) is 5.88 Å². The summed E-state index contributed by atoms with van der Waals surface area (Å²) in [5, 5.41) is 3.30. The van der Waals surface area contributed by atoms with E-state index in [1.807, 2.05) is 19.9 Å². The molecule has 0 aliphatic heterocycles. The maximum Gasteiger partial charge on any atom is 0.218 e. The fraction of sp³-hybridized carbons (Fsp3) is 0.714. The van der Waals surface area contributed by atoms with Crippen molar-refractivity contribution in [2.24, 2.45) is 0 Å². The first-order valence-corrected chi connectivity index (χ1v) is 6.95. The van der Waals surface area contributed by atoms with Crippen LogP contribution in [0.2, 0.25) is 0 Å². The number of aromatic nitrogens is 2. The highest BCUT2D eigenvalue weighted by Crippen LogP contribution is 2.12. The van der Waals surface area contributed by atoms with Crippen molar-refractivity contribution in [3.8, 4) is 5.88 Å². The number of anilines is 1. The number of hydrogen-bond donors (Lipinski definition) is 1. The average molecular weight is 266 g/mol. The maximum absolute atomic E-state index is 5.54. The van der Waals surface area contributed by atoms with E-state index in [2.05, 4.69) is 41.1 Å². The lowest BCUT2D eigenvalue weighted by Gasteiger charge is -2.23. The van der Waals surface area contributed by atoms with E-state index in [9.17, 15) is 0 Å². The Bertz CT molecular complexity index is 370. The predicted molar refractivity (Wildman–Crippen MR) is 78.7 cm³/mol. The topological polar surface area (TPSA) is 50.3 Å². The third-order valence-corrected chi connectivity index (χ3v) is 3.11. The van der Waals surface area contributed by atoms with Crippen LogP contribution >= 0.6 is 0 Å². The molecular formula is C14H26N4O. The summed E-state index contributed by atoms with van der Waals surface area (Å²) in [6.07, 6.45) is 2.81. The molecule has 1 heterocycles. The lowest BCUT2D eigenvalue weighted by atomic mass is 10.2. The second-order valence-electron chi connectivity index (χ2n) is 5.07. The van der Waals surface area contributed by atoms with E-state index in [1.54, 1.807) is 0 Å². The van der Waals surface area contributed by atoms with Crippen molar-refractivity contribution >= 4 is 5.82 Å². The molecule has 5 heteroatoms. The summed E-state index contributed by atoms with van der Waals surface area (Å²) in [6.45, 7) is 10.2. The number of likely N-dealkylation sites (N-methyl/N-ethyl adjacent to an activating group) is 1. The van der Waals surface area contributed by atoms with Crippen LogP contribution in [0.5, 0.6) is 5.88 Å². The van der Waals surface area contributed by atoms with Crippen LogP contribution in [-0.2, 0) is 0 Å². The summed E-state index contributed by atoms with van der Waals surface area (Å²) >= 11 is 0. The third-order valence-electron chi connectivity index (χ3n) is 3.11. The van der Waals surface area contributed by atoms with Gasteiger partial charge in [0.25, 0.3) is 0 Å². The molecule has 108 valence electrons. The van der Waals surface area contributed by atoms with Gasteiger partial charge in [-0.15, -0.1) is 0 Å². The zero-order valence-electron chi connectivity index (χ0n) is 12.7. The summed E-state index contributed by atoms with van der Waals surface area (Å²) in [4.78, 5) is 10.6. The summed E-state index contributed by atoms with van der Waals surface area (Å²) in [7, 11) is 2.14. The Kier molecular flexibility index (Phi) is 6.56. The molecule has 1 N–H and O–H groups in total. The summed E-state index contributed by atoms with van der Waals surface area (Å²) in [5.41, 5.74) is 0. The van der Waals surface area contributed by atoms with Crippen LogP contribution < -0.4 is 10.1 Å². The summed E-state index contributed by atoms with van der Waals surface area (Å²) in [5.74, 6) is 1.42. The molecule has 1 unspecified atom stereocenters. The van der Waals surface area contributed by atoms with E-state index in [-0.39, 0.29) is 6.10 Å². The van der Waals surface area contributed by atoms with Gasteiger partial charge in [-0.25, -0.2) is 9.97 Å². The van der Waals surface area contributed by atoms with E-state index >= 15 is 0 Å². The first-order chi connectivity index (χ1) is 9.02. The van der Waals surface area contributed by atoms with Crippen LogP contribution in [0.25, 0.3) is 0 Å². The molecule has 0 saturated carbocycles. The highest BCUT2D eigenvalue weighted by atomic mass is 16.5. The molecule has 0 saturated heterocycles. The molecule has 0 fully saturated rings. The second-order valence-corrected chi connectivity index (χ2v) is 5.07. The molecule has 1 aromatic rings. The Morgan fingerprint density at radius 2 is 2.05 bits per heavy atom. The minimum atomic E-state index is 0.124. The highest BCUT2D eigenvalue weighted by Gasteiger charge is 2.06. The first-order valence-electron chi connectivity index (χ1n) is 6.95. The van der Waals surface area contributed by atoms with Gasteiger partial charge in [0.05, 0.1) is 6.10 Å². The Morgan fingerprint density at radius 3 is 2.68 bits per heavy atom. The minimum Gasteiger partial charge on any atom is -0.475 e.